The topological polar surface area (TPSA) is 78.4 Å². The number of hydrogen-bond donors (Lipinski definition) is 1. The molecular weight excluding hydrogens is 393 g/mol. The van der Waals surface area contributed by atoms with Crippen molar-refractivity contribution in [3.05, 3.63) is 46.7 Å². The molecule has 2 amide bonds. The van der Waals surface area contributed by atoms with Crippen LogP contribution in [0.5, 0.6) is 0 Å². The molecule has 1 N–H and O–H groups in total. The van der Waals surface area contributed by atoms with Gasteiger partial charge in [0.15, 0.2) is 0 Å². The summed E-state index contributed by atoms with van der Waals surface area (Å²) in [6.07, 6.45) is 0.671. The lowest BCUT2D eigenvalue weighted by Crippen LogP contribution is -2.57. The van der Waals surface area contributed by atoms with Crippen LogP contribution in [-0.4, -0.2) is 70.0 Å². The molecule has 3 heterocycles. The predicted molar refractivity (Wildman–Crippen MR) is 107 cm³/mol. The maximum Gasteiger partial charge on any atom is 0.237 e. The molecule has 0 bridgehead atoms. The third-order valence-corrected chi connectivity index (χ3v) is 6.42. The van der Waals surface area contributed by atoms with Crippen molar-refractivity contribution < 1.29 is 14.0 Å². The highest BCUT2D eigenvalue weighted by molar-refractivity contribution is 7.03. The van der Waals surface area contributed by atoms with E-state index in [9.17, 15) is 14.0 Å². The minimum absolute atomic E-state index is 0.0101. The Balaban J connectivity index is 1.51. The second kappa shape index (κ2) is 8.54. The number of piperazine rings is 1. The molecule has 2 aromatic rings. The van der Waals surface area contributed by atoms with E-state index < -0.39 is 0 Å². The molecule has 0 spiro atoms. The van der Waals surface area contributed by atoms with Crippen molar-refractivity contribution in [2.75, 3.05) is 32.7 Å². The van der Waals surface area contributed by atoms with Crippen LogP contribution in [0.4, 0.5) is 4.39 Å². The van der Waals surface area contributed by atoms with E-state index in [0.29, 0.717) is 32.6 Å². The molecule has 0 saturated carbocycles. The number of carbonyl (C=O) groups is 2. The molecule has 2 aliphatic heterocycles. The zero-order valence-corrected chi connectivity index (χ0v) is 17.1. The average Bonchev–Trinajstić information content (AvgIpc) is 3.38. The van der Waals surface area contributed by atoms with Gasteiger partial charge in [-0.1, -0.05) is 23.5 Å². The maximum atomic E-state index is 13.4. The van der Waals surface area contributed by atoms with Gasteiger partial charge in [-0.25, -0.2) is 4.39 Å². The molecule has 4 rings (SSSR count). The summed E-state index contributed by atoms with van der Waals surface area (Å²) in [5.41, 5.74) is 1.85. The number of carbonyl (C=O) groups excluding carboxylic acids is 2. The molecule has 9 heteroatoms. The van der Waals surface area contributed by atoms with Crippen LogP contribution in [0.15, 0.2) is 29.6 Å². The molecule has 2 saturated heterocycles. The zero-order valence-electron chi connectivity index (χ0n) is 16.3. The first-order valence-corrected chi connectivity index (χ1v) is 10.7. The zero-order chi connectivity index (χ0) is 20.4. The van der Waals surface area contributed by atoms with Crippen LogP contribution < -0.4 is 5.32 Å². The van der Waals surface area contributed by atoms with Crippen LogP contribution in [0.2, 0.25) is 0 Å². The molecule has 1 aromatic carbocycles. The Morgan fingerprint density at radius 2 is 2.03 bits per heavy atom. The normalized spacial score (nSPS) is 25.2. The molecule has 1 unspecified atom stereocenters. The van der Waals surface area contributed by atoms with Gasteiger partial charge in [-0.15, -0.1) is 5.10 Å². The lowest BCUT2D eigenvalue weighted by molar-refractivity contribution is -0.136. The summed E-state index contributed by atoms with van der Waals surface area (Å²) in [6.45, 7) is 4.51. The Hall–Kier alpha value is -2.39. The van der Waals surface area contributed by atoms with Gasteiger partial charge in [-0.05, 0) is 35.6 Å². The van der Waals surface area contributed by atoms with E-state index in [1.165, 1.54) is 23.7 Å². The Kier molecular flexibility index (Phi) is 5.86. The lowest BCUT2D eigenvalue weighted by Gasteiger charge is -2.34. The van der Waals surface area contributed by atoms with E-state index in [1.54, 1.807) is 12.1 Å². The first-order valence-electron chi connectivity index (χ1n) is 9.88. The predicted octanol–water partition coefficient (Wildman–Crippen LogP) is 1.60. The molecule has 2 aliphatic rings. The smallest absolute Gasteiger partial charge is 0.237 e. The Morgan fingerprint density at radius 3 is 2.72 bits per heavy atom. The van der Waals surface area contributed by atoms with Crippen molar-refractivity contribution in [2.45, 2.75) is 31.2 Å². The lowest BCUT2D eigenvalue weighted by atomic mass is 9.87. The first-order chi connectivity index (χ1) is 14.1. The highest BCUT2D eigenvalue weighted by atomic mass is 32.1. The van der Waals surface area contributed by atoms with E-state index in [1.807, 2.05) is 22.1 Å². The molecule has 1 aromatic heterocycles. The fourth-order valence-electron chi connectivity index (χ4n) is 4.36. The summed E-state index contributed by atoms with van der Waals surface area (Å²) >= 11 is 1.29. The van der Waals surface area contributed by atoms with Gasteiger partial charge < -0.3 is 10.2 Å². The maximum absolute atomic E-state index is 13.4. The third kappa shape index (κ3) is 4.16. The Labute approximate surface area is 173 Å². The SMILES string of the molecule is CCC1C(=O)NCCN1CC(=O)N1C[C@@H](c2ccc(F)cc2)[C@H](c2csnn2)C1. The van der Waals surface area contributed by atoms with Crippen LogP contribution in [0.25, 0.3) is 0 Å². The van der Waals surface area contributed by atoms with Gasteiger partial charge in [0, 0.05) is 43.4 Å². The van der Waals surface area contributed by atoms with Gasteiger partial charge in [-0.2, -0.15) is 0 Å². The summed E-state index contributed by atoms with van der Waals surface area (Å²) in [5, 5.41) is 9.01. The van der Waals surface area contributed by atoms with Crippen LogP contribution in [0, 0.1) is 5.82 Å². The third-order valence-electron chi connectivity index (χ3n) is 5.89. The van der Waals surface area contributed by atoms with Crippen molar-refractivity contribution in [3.63, 3.8) is 0 Å². The summed E-state index contributed by atoms with van der Waals surface area (Å²) in [6, 6.07) is 6.20. The van der Waals surface area contributed by atoms with Gasteiger partial charge in [0.1, 0.15) is 5.82 Å². The fourth-order valence-corrected chi connectivity index (χ4v) is 4.88. The van der Waals surface area contributed by atoms with Gasteiger partial charge in [-0.3, -0.25) is 14.5 Å². The highest BCUT2D eigenvalue weighted by Crippen LogP contribution is 2.39. The molecule has 7 nitrogen and oxygen atoms in total. The number of rotatable bonds is 5. The number of likely N-dealkylation sites (tertiary alicyclic amines) is 1. The van der Waals surface area contributed by atoms with E-state index in [-0.39, 0.29) is 42.1 Å². The van der Waals surface area contributed by atoms with Crippen molar-refractivity contribution in [1.82, 2.24) is 24.7 Å². The standard InChI is InChI=1S/C20H24FN5O2S/c1-2-18-20(28)22-7-8-25(18)11-19(27)26-9-15(13-3-5-14(21)6-4-13)16(10-26)17-12-29-24-23-17/h3-6,12,15-16,18H,2,7-11H2,1H3,(H,22,28)/t15-,16+,18?/m0/s1. The van der Waals surface area contributed by atoms with Gasteiger partial charge >= 0.3 is 0 Å². The number of benzene rings is 1. The van der Waals surface area contributed by atoms with Gasteiger partial charge in [0.05, 0.1) is 18.3 Å². The van der Waals surface area contributed by atoms with Crippen molar-refractivity contribution in [2.24, 2.45) is 0 Å². The van der Waals surface area contributed by atoms with E-state index >= 15 is 0 Å². The van der Waals surface area contributed by atoms with E-state index in [4.69, 9.17) is 0 Å². The highest BCUT2D eigenvalue weighted by Gasteiger charge is 2.39. The molecule has 2 fully saturated rings. The average molecular weight is 418 g/mol. The monoisotopic (exact) mass is 417 g/mol. The minimum atomic E-state index is -0.277. The minimum Gasteiger partial charge on any atom is -0.353 e. The number of aromatic nitrogens is 2. The first kappa shape index (κ1) is 19.9. The molecule has 3 atom stereocenters. The molecular formula is C20H24FN5O2S. The Morgan fingerprint density at radius 1 is 1.28 bits per heavy atom. The summed E-state index contributed by atoms with van der Waals surface area (Å²) < 4.78 is 17.4. The van der Waals surface area contributed by atoms with Gasteiger partial charge in [0.2, 0.25) is 11.8 Å². The molecule has 0 aliphatic carbocycles. The number of amides is 2. The van der Waals surface area contributed by atoms with Crippen LogP contribution in [0.1, 0.15) is 36.4 Å². The van der Waals surface area contributed by atoms with Crippen molar-refractivity contribution in [3.8, 4) is 0 Å². The Bertz CT molecular complexity index is 860. The second-order valence-corrected chi connectivity index (χ2v) is 8.19. The molecule has 29 heavy (non-hydrogen) atoms. The second-order valence-electron chi connectivity index (χ2n) is 7.58. The number of nitrogens with one attached hydrogen (secondary N) is 1. The number of nitrogens with zero attached hydrogens (tertiary/aromatic N) is 4. The fraction of sp³-hybridized carbons (Fsp3) is 0.500. The van der Waals surface area contributed by atoms with Crippen molar-refractivity contribution in [1.29, 1.82) is 0 Å². The summed E-state index contributed by atoms with van der Waals surface area (Å²) in [4.78, 5) is 29.0. The molecule has 0 radical (unpaired) electrons. The summed E-state index contributed by atoms with van der Waals surface area (Å²) in [7, 11) is 0. The summed E-state index contributed by atoms with van der Waals surface area (Å²) in [5.74, 6) is -0.218. The van der Waals surface area contributed by atoms with E-state index in [0.717, 1.165) is 11.3 Å². The largest absolute Gasteiger partial charge is 0.353 e. The number of hydrogen-bond acceptors (Lipinski definition) is 6. The number of halogens is 1. The van der Waals surface area contributed by atoms with Crippen molar-refractivity contribution >= 4 is 23.3 Å². The van der Waals surface area contributed by atoms with E-state index in [2.05, 4.69) is 14.9 Å². The quantitative estimate of drug-likeness (QED) is 0.800. The molecule has 154 valence electrons. The van der Waals surface area contributed by atoms with Crippen LogP contribution >= 0.6 is 11.5 Å². The van der Waals surface area contributed by atoms with Gasteiger partial charge in [0.25, 0.3) is 0 Å². The van der Waals surface area contributed by atoms with Crippen LogP contribution in [-0.2, 0) is 9.59 Å². The van der Waals surface area contributed by atoms with Crippen LogP contribution in [0.3, 0.4) is 0 Å².